The van der Waals surface area contributed by atoms with Gasteiger partial charge >= 0.3 is 0 Å². The molecule has 3 rings (SSSR count). The van der Waals surface area contributed by atoms with Gasteiger partial charge in [0.15, 0.2) is 0 Å². The van der Waals surface area contributed by atoms with Gasteiger partial charge in [-0.25, -0.2) is 0 Å². The maximum absolute atomic E-state index is 3.72. The van der Waals surface area contributed by atoms with E-state index in [2.05, 4.69) is 17.1 Å². The van der Waals surface area contributed by atoms with Crippen molar-refractivity contribution >= 4 is 0 Å². The molecule has 4 atom stereocenters. The normalized spacial score (nSPS) is 41.2. The van der Waals surface area contributed by atoms with E-state index in [1.165, 1.54) is 64.5 Å². The summed E-state index contributed by atoms with van der Waals surface area (Å²) in [5, 5.41) is 3.72. The molecular formula is C16H30N2. The van der Waals surface area contributed by atoms with Crippen molar-refractivity contribution in [3.8, 4) is 0 Å². The van der Waals surface area contributed by atoms with E-state index in [0.29, 0.717) is 0 Å². The molecule has 3 aliphatic rings. The molecule has 0 radical (unpaired) electrons. The van der Waals surface area contributed by atoms with E-state index in [4.69, 9.17) is 0 Å². The lowest BCUT2D eigenvalue weighted by Gasteiger charge is -2.40. The van der Waals surface area contributed by atoms with Crippen LogP contribution in [0, 0.1) is 11.8 Å². The summed E-state index contributed by atoms with van der Waals surface area (Å²) in [5.74, 6) is 1.99. The molecule has 1 saturated heterocycles. The Morgan fingerprint density at radius 1 is 1.00 bits per heavy atom. The minimum absolute atomic E-state index is 0.816. The zero-order valence-electron chi connectivity index (χ0n) is 12.0. The molecular weight excluding hydrogens is 220 g/mol. The Morgan fingerprint density at radius 2 is 1.83 bits per heavy atom. The van der Waals surface area contributed by atoms with E-state index in [-0.39, 0.29) is 0 Å². The second-order valence-corrected chi connectivity index (χ2v) is 6.75. The summed E-state index contributed by atoms with van der Waals surface area (Å²) in [7, 11) is 0. The highest BCUT2D eigenvalue weighted by Crippen LogP contribution is 2.38. The molecule has 0 aromatic heterocycles. The van der Waals surface area contributed by atoms with Crippen LogP contribution in [-0.4, -0.2) is 36.6 Å². The highest BCUT2D eigenvalue weighted by Gasteiger charge is 2.37. The average Bonchev–Trinajstić information content (AvgIpc) is 3.00. The number of piperidine rings is 1. The molecule has 2 aliphatic carbocycles. The molecule has 2 heteroatoms. The Balaban J connectivity index is 1.57. The summed E-state index contributed by atoms with van der Waals surface area (Å²) >= 11 is 0. The van der Waals surface area contributed by atoms with Crippen molar-refractivity contribution in [2.75, 3.05) is 19.6 Å². The predicted molar refractivity (Wildman–Crippen MR) is 76.7 cm³/mol. The maximum atomic E-state index is 3.72. The Bertz CT molecular complexity index is 266. The zero-order valence-corrected chi connectivity index (χ0v) is 12.0. The minimum Gasteiger partial charge on any atom is -0.314 e. The summed E-state index contributed by atoms with van der Waals surface area (Å²) in [6.45, 7) is 6.17. The van der Waals surface area contributed by atoms with Gasteiger partial charge in [0.1, 0.15) is 0 Å². The number of nitrogens with zero attached hydrogens (tertiary/aromatic N) is 1. The Labute approximate surface area is 113 Å². The van der Waals surface area contributed by atoms with Crippen LogP contribution in [0.15, 0.2) is 0 Å². The standard InChI is InChI=1S/C16H30N2/c1-2-17-15-9-3-7-14(15)12-18-11-5-8-13-6-4-10-16(13)18/h13-17H,2-12H2,1H3. The molecule has 0 aromatic carbocycles. The van der Waals surface area contributed by atoms with E-state index < -0.39 is 0 Å². The third-order valence-corrected chi connectivity index (χ3v) is 5.70. The van der Waals surface area contributed by atoms with Crippen molar-refractivity contribution in [3.63, 3.8) is 0 Å². The SMILES string of the molecule is CCNC1CCCC1CN1CCCC2CCCC21. The van der Waals surface area contributed by atoms with Gasteiger partial charge in [0.25, 0.3) is 0 Å². The van der Waals surface area contributed by atoms with Crippen LogP contribution >= 0.6 is 0 Å². The number of likely N-dealkylation sites (tertiary alicyclic amines) is 1. The first kappa shape index (κ1) is 12.9. The van der Waals surface area contributed by atoms with Gasteiger partial charge in [-0.15, -0.1) is 0 Å². The van der Waals surface area contributed by atoms with Crippen molar-refractivity contribution in [3.05, 3.63) is 0 Å². The van der Waals surface area contributed by atoms with E-state index in [9.17, 15) is 0 Å². The molecule has 104 valence electrons. The van der Waals surface area contributed by atoms with Gasteiger partial charge in [-0.1, -0.05) is 19.8 Å². The summed E-state index contributed by atoms with van der Waals surface area (Å²) < 4.78 is 0. The van der Waals surface area contributed by atoms with Crippen LogP contribution in [0.4, 0.5) is 0 Å². The first-order valence-corrected chi connectivity index (χ1v) is 8.36. The fourth-order valence-corrected chi connectivity index (χ4v) is 4.87. The van der Waals surface area contributed by atoms with Crippen LogP contribution in [0.25, 0.3) is 0 Å². The fraction of sp³-hybridized carbons (Fsp3) is 1.00. The number of hydrogen-bond acceptors (Lipinski definition) is 2. The smallest absolute Gasteiger partial charge is 0.0124 e. The van der Waals surface area contributed by atoms with Gasteiger partial charge in [0.2, 0.25) is 0 Å². The third kappa shape index (κ3) is 2.60. The summed E-state index contributed by atoms with van der Waals surface area (Å²) in [6, 6.07) is 1.78. The molecule has 0 spiro atoms. The lowest BCUT2D eigenvalue weighted by molar-refractivity contribution is 0.0901. The van der Waals surface area contributed by atoms with Crippen LogP contribution in [0.2, 0.25) is 0 Å². The van der Waals surface area contributed by atoms with E-state index in [1.54, 1.807) is 0 Å². The molecule has 1 N–H and O–H groups in total. The van der Waals surface area contributed by atoms with Crippen LogP contribution in [-0.2, 0) is 0 Å². The van der Waals surface area contributed by atoms with Gasteiger partial charge in [-0.05, 0) is 63.5 Å². The van der Waals surface area contributed by atoms with Crippen molar-refractivity contribution in [1.82, 2.24) is 10.2 Å². The molecule has 1 aliphatic heterocycles. The molecule has 3 fully saturated rings. The van der Waals surface area contributed by atoms with Crippen LogP contribution in [0.1, 0.15) is 58.3 Å². The lowest BCUT2D eigenvalue weighted by Crippen LogP contribution is -2.47. The second-order valence-electron chi connectivity index (χ2n) is 6.75. The Morgan fingerprint density at radius 3 is 2.72 bits per heavy atom. The first-order chi connectivity index (χ1) is 8.88. The van der Waals surface area contributed by atoms with Gasteiger partial charge in [-0.2, -0.15) is 0 Å². The number of rotatable bonds is 4. The minimum atomic E-state index is 0.816. The van der Waals surface area contributed by atoms with Crippen LogP contribution < -0.4 is 5.32 Å². The van der Waals surface area contributed by atoms with Crippen molar-refractivity contribution < 1.29 is 0 Å². The van der Waals surface area contributed by atoms with Crippen molar-refractivity contribution in [2.45, 2.75) is 70.4 Å². The molecule has 4 unspecified atom stereocenters. The molecule has 1 heterocycles. The third-order valence-electron chi connectivity index (χ3n) is 5.70. The Hall–Kier alpha value is -0.0800. The van der Waals surface area contributed by atoms with E-state index in [1.807, 2.05) is 0 Å². The van der Waals surface area contributed by atoms with Gasteiger partial charge in [0.05, 0.1) is 0 Å². The molecule has 2 saturated carbocycles. The average molecular weight is 250 g/mol. The molecule has 0 amide bonds. The van der Waals surface area contributed by atoms with E-state index in [0.717, 1.165) is 30.5 Å². The summed E-state index contributed by atoms with van der Waals surface area (Å²) in [5.41, 5.74) is 0. The zero-order chi connectivity index (χ0) is 12.4. The Kier molecular flexibility index (Phi) is 4.25. The second kappa shape index (κ2) is 5.92. The fourth-order valence-electron chi connectivity index (χ4n) is 4.87. The molecule has 2 nitrogen and oxygen atoms in total. The highest BCUT2D eigenvalue weighted by molar-refractivity contribution is 4.92. The van der Waals surface area contributed by atoms with Gasteiger partial charge < -0.3 is 5.32 Å². The van der Waals surface area contributed by atoms with Crippen LogP contribution in [0.3, 0.4) is 0 Å². The molecule has 0 bridgehead atoms. The number of hydrogen-bond donors (Lipinski definition) is 1. The van der Waals surface area contributed by atoms with Crippen LogP contribution in [0.5, 0.6) is 0 Å². The summed E-state index contributed by atoms with van der Waals surface area (Å²) in [4.78, 5) is 2.88. The quantitative estimate of drug-likeness (QED) is 0.825. The number of fused-ring (bicyclic) bond motifs is 1. The molecule has 18 heavy (non-hydrogen) atoms. The van der Waals surface area contributed by atoms with Crippen molar-refractivity contribution in [1.29, 1.82) is 0 Å². The topological polar surface area (TPSA) is 15.3 Å². The maximum Gasteiger partial charge on any atom is 0.0124 e. The monoisotopic (exact) mass is 250 g/mol. The number of nitrogens with one attached hydrogen (secondary N) is 1. The largest absolute Gasteiger partial charge is 0.314 e. The van der Waals surface area contributed by atoms with E-state index >= 15 is 0 Å². The van der Waals surface area contributed by atoms with Crippen molar-refractivity contribution in [2.24, 2.45) is 11.8 Å². The van der Waals surface area contributed by atoms with Gasteiger partial charge in [-0.3, -0.25) is 4.90 Å². The lowest BCUT2D eigenvalue weighted by atomic mass is 9.90. The first-order valence-electron chi connectivity index (χ1n) is 8.36. The highest BCUT2D eigenvalue weighted by atomic mass is 15.2. The summed E-state index contributed by atoms with van der Waals surface area (Å²) in [6.07, 6.45) is 11.8. The predicted octanol–water partition coefficient (Wildman–Crippen LogP) is 3.03. The molecule has 0 aromatic rings. The van der Waals surface area contributed by atoms with Gasteiger partial charge in [0, 0.05) is 18.6 Å².